The normalized spacial score (nSPS) is 24.4. The van der Waals surface area contributed by atoms with Gasteiger partial charge in [0.05, 0.1) is 13.2 Å². The molecular formula is C7H10O. The van der Waals surface area contributed by atoms with E-state index in [2.05, 4.69) is 12.2 Å². The van der Waals surface area contributed by atoms with Crippen LogP contribution in [0.5, 0.6) is 0 Å². The Hall–Kier alpha value is -0.560. The predicted octanol–water partition coefficient (Wildman–Crippen LogP) is 1.52. The fourth-order valence-corrected chi connectivity index (χ4v) is 0.672. The zero-order valence-electron chi connectivity index (χ0n) is 5.05. The first-order valence-corrected chi connectivity index (χ1v) is 2.83. The van der Waals surface area contributed by atoms with Gasteiger partial charge in [0.1, 0.15) is 0 Å². The zero-order valence-corrected chi connectivity index (χ0v) is 5.05. The lowest BCUT2D eigenvalue weighted by Crippen LogP contribution is -2.01. The molecule has 1 aliphatic heterocycles. The second-order valence-corrected chi connectivity index (χ2v) is 1.78. The predicted molar refractivity (Wildman–Crippen MR) is 33.7 cm³/mol. The summed E-state index contributed by atoms with van der Waals surface area (Å²) in [6, 6.07) is 0. The van der Waals surface area contributed by atoms with E-state index in [1.165, 1.54) is 5.57 Å². The largest absolute Gasteiger partial charge is 0.373 e. The Morgan fingerprint density at radius 2 is 2.62 bits per heavy atom. The minimum atomic E-state index is 0.775. The second kappa shape index (κ2) is 2.68. The molecule has 1 nitrogen and oxygen atoms in total. The number of rotatable bonds is 0. The Labute approximate surface area is 49.7 Å². The summed E-state index contributed by atoms with van der Waals surface area (Å²) in [4.78, 5) is 0. The van der Waals surface area contributed by atoms with Crippen molar-refractivity contribution in [3.8, 4) is 0 Å². The molecule has 0 radical (unpaired) electrons. The maximum Gasteiger partial charge on any atom is 0.0717 e. The van der Waals surface area contributed by atoms with E-state index in [9.17, 15) is 0 Å². The highest BCUT2D eigenvalue weighted by atomic mass is 16.5. The van der Waals surface area contributed by atoms with Gasteiger partial charge in [0.15, 0.2) is 0 Å². The molecule has 1 heteroatoms. The van der Waals surface area contributed by atoms with E-state index >= 15 is 0 Å². The maximum absolute atomic E-state index is 5.12. The third-order valence-corrected chi connectivity index (χ3v) is 1.19. The number of hydrogen-bond donors (Lipinski definition) is 0. The quantitative estimate of drug-likeness (QED) is 0.459. The third kappa shape index (κ3) is 1.20. The molecule has 8 heavy (non-hydrogen) atoms. The fourth-order valence-electron chi connectivity index (χ4n) is 0.672. The summed E-state index contributed by atoms with van der Waals surface area (Å²) in [5, 5.41) is 0. The van der Waals surface area contributed by atoms with Crippen LogP contribution in [-0.2, 0) is 4.74 Å². The van der Waals surface area contributed by atoms with Gasteiger partial charge >= 0.3 is 0 Å². The van der Waals surface area contributed by atoms with E-state index in [4.69, 9.17) is 4.74 Å². The van der Waals surface area contributed by atoms with Gasteiger partial charge in [-0.15, -0.1) is 0 Å². The van der Waals surface area contributed by atoms with Crippen molar-refractivity contribution in [1.29, 1.82) is 0 Å². The highest BCUT2D eigenvalue weighted by molar-refractivity contribution is 5.20. The molecule has 0 atom stereocenters. The lowest BCUT2D eigenvalue weighted by atomic mass is 10.2. The summed E-state index contributed by atoms with van der Waals surface area (Å²) in [5.74, 6) is 0. The first-order valence-electron chi connectivity index (χ1n) is 2.83. The van der Waals surface area contributed by atoms with E-state index in [0.717, 1.165) is 13.2 Å². The second-order valence-electron chi connectivity index (χ2n) is 1.78. The monoisotopic (exact) mass is 110 g/mol. The number of ether oxygens (including phenoxy) is 1. The summed E-state index contributed by atoms with van der Waals surface area (Å²) in [5.41, 5.74) is 1.27. The average Bonchev–Trinajstić information content (AvgIpc) is 1.90. The van der Waals surface area contributed by atoms with Gasteiger partial charge in [-0.2, -0.15) is 0 Å². The lowest BCUT2D eigenvalue weighted by molar-refractivity contribution is 0.182. The Bertz CT molecular complexity index is 122. The molecule has 44 valence electrons. The van der Waals surface area contributed by atoms with Crippen molar-refractivity contribution in [2.75, 3.05) is 13.2 Å². The summed E-state index contributed by atoms with van der Waals surface area (Å²) in [6.45, 7) is 3.58. The zero-order chi connectivity index (χ0) is 5.82. The molecule has 0 unspecified atom stereocenters. The Morgan fingerprint density at radius 3 is 3.00 bits per heavy atom. The molecular weight excluding hydrogens is 100 g/mol. The van der Waals surface area contributed by atoms with Crippen LogP contribution in [0.3, 0.4) is 0 Å². The number of allylic oxidation sites excluding steroid dienone is 1. The van der Waals surface area contributed by atoms with Crippen molar-refractivity contribution in [2.24, 2.45) is 0 Å². The van der Waals surface area contributed by atoms with E-state index in [1.54, 1.807) is 0 Å². The molecule has 1 heterocycles. The minimum absolute atomic E-state index is 0.775. The molecule has 0 bridgehead atoms. The van der Waals surface area contributed by atoms with Crippen molar-refractivity contribution in [1.82, 2.24) is 0 Å². The van der Waals surface area contributed by atoms with Gasteiger partial charge in [0, 0.05) is 0 Å². The van der Waals surface area contributed by atoms with Crippen LogP contribution in [0.1, 0.15) is 6.92 Å². The fraction of sp³-hybridized carbons (Fsp3) is 0.429. The van der Waals surface area contributed by atoms with Crippen molar-refractivity contribution in [3.63, 3.8) is 0 Å². The standard InChI is InChI=1S/C7H10O/c1-2-7-4-3-5-8-6-7/h2-4H,5-6H2,1H3/b7-2-. The van der Waals surface area contributed by atoms with Gasteiger partial charge in [-0.3, -0.25) is 0 Å². The molecule has 0 aromatic carbocycles. The van der Waals surface area contributed by atoms with Crippen molar-refractivity contribution in [3.05, 3.63) is 23.8 Å². The van der Waals surface area contributed by atoms with Crippen LogP contribution in [0.25, 0.3) is 0 Å². The summed E-state index contributed by atoms with van der Waals surface area (Å²) in [7, 11) is 0. The minimum Gasteiger partial charge on any atom is -0.373 e. The average molecular weight is 110 g/mol. The molecule has 0 aromatic heterocycles. The molecule has 1 rings (SSSR count). The molecule has 0 saturated heterocycles. The van der Waals surface area contributed by atoms with Crippen LogP contribution < -0.4 is 0 Å². The van der Waals surface area contributed by atoms with Gasteiger partial charge in [-0.25, -0.2) is 0 Å². The van der Waals surface area contributed by atoms with Crippen LogP contribution in [0.15, 0.2) is 23.8 Å². The Kier molecular flexibility index (Phi) is 1.86. The van der Waals surface area contributed by atoms with Crippen molar-refractivity contribution < 1.29 is 4.74 Å². The molecule has 0 aliphatic carbocycles. The maximum atomic E-state index is 5.12. The number of hydrogen-bond acceptors (Lipinski definition) is 1. The van der Waals surface area contributed by atoms with Gasteiger partial charge in [-0.05, 0) is 12.5 Å². The lowest BCUT2D eigenvalue weighted by Gasteiger charge is -2.06. The highest BCUT2D eigenvalue weighted by Gasteiger charge is 1.94. The molecule has 0 N–H and O–H groups in total. The van der Waals surface area contributed by atoms with Gasteiger partial charge < -0.3 is 4.74 Å². The van der Waals surface area contributed by atoms with Crippen LogP contribution >= 0.6 is 0 Å². The van der Waals surface area contributed by atoms with E-state index < -0.39 is 0 Å². The van der Waals surface area contributed by atoms with Gasteiger partial charge in [-0.1, -0.05) is 18.2 Å². The molecule has 0 amide bonds. The Morgan fingerprint density at radius 1 is 1.75 bits per heavy atom. The smallest absolute Gasteiger partial charge is 0.0717 e. The molecule has 0 fully saturated rings. The summed E-state index contributed by atoms with van der Waals surface area (Å²) < 4.78 is 5.12. The summed E-state index contributed by atoms with van der Waals surface area (Å²) >= 11 is 0. The molecule has 0 aromatic rings. The van der Waals surface area contributed by atoms with Crippen molar-refractivity contribution in [2.45, 2.75) is 6.92 Å². The topological polar surface area (TPSA) is 9.23 Å². The molecule has 0 spiro atoms. The van der Waals surface area contributed by atoms with Crippen LogP contribution in [0.4, 0.5) is 0 Å². The molecule has 1 aliphatic rings. The van der Waals surface area contributed by atoms with E-state index in [1.807, 2.05) is 13.0 Å². The highest BCUT2D eigenvalue weighted by Crippen LogP contribution is 2.02. The van der Waals surface area contributed by atoms with Gasteiger partial charge in [0.2, 0.25) is 0 Å². The first-order chi connectivity index (χ1) is 3.93. The van der Waals surface area contributed by atoms with E-state index in [0.29, 0.717) is 0 Å². The van der Waals surface area contributed by atoms with E-state index in [-0.39, 0.29) is 0 Å². The summed E-state index contributed by atoms with van der Waals surface area (Å²) in [6.07, 6.45) is 6.19. The van der Waals surface area contributed by atoms with Gasteiger partial charge in [0.25, 0.3) is 0 Å². The third-order valence-electron chi connectivity index (χ3n) is 1.19. The van der Waals surface area contributed by atoms with Crippen LogP contribution in [0.2, 0.25) is 0 Å². The van der Waals surface area contributed by atoms with Crippen LogP contribution in [0, 0.1) is 0 Å². The molecule has 0 saturated carbocycles. The Balaban J connectivity index is 2.56. The van der Waals surface area contributed by atoms with Crippen molar-refractivity contribution >= 4 is 0 Å². The van der Waals surface area contributed by atoms with Crippen LogP contribution in [-0.4, -0.2) is 13.2 Å². The first kappa shape index (κ1) is 5.57. The SMILES string of the molecule is C/C=C1/C=CCOC1.